The Morgan fingerprint density at radius 3 is 2.37 bits per heavy atom. The average Bonchev–Trinajstić information content (AvgIpc) is 3.09. The highest BCUT2D eigenvalue weighted by Gasteiger charge is 2.21. The van der Waals surface area contributed by atoms with E-state index in [4.69, 9.17) is 9.47 Å². The monoisotopic (exact) mass is 431 g/mol. The Bertz CT molecular complexity index is 1230. The van der Waals surface area contributed by atoms with E-state index in [2.05, 4.69) is 5.32 Å². The molecule has 0 aliphatic rings. The predicted octanol–water partition coefficient (Wildman–Crippen LogP) is 1.85. The molecule has 1 aromatic heterocycles. The Morgan fingerprint density at radius 1 is 1.03 bits per heavy atom. The van der Waals surface area contributed by atoms with Crippen LogP contribution in [0.25, 0.3) is 0 Å². The third-order valence-electron chi connectivity index (χ3n) is 4.39. The van der Waals surface area contributed by atoms with Gasteiger partial charge in [-0.15, -0.1) is 0 Å². The van der Waals surface area contributed by atoms with Crippen LogP contribution in [0.4, 0.5) is 5.69 Å². The number of aryl methyl sites for hydroxylation is 1. The fourth-order valence-electron chi connectivity index (χ4n) is 2.77. The summed E-state index contributed by atoms with van der Waals surface area (Å²) < 4.78 is 37.4. The molecule has 0 spiro atoms. The normalized spacial score (nSPS) is 11.2. The summed E-state index contributed by atoms with van der Waals surface area (Å²) in [6.07, 6.45) is 2.37. The first-order chi connectivity index (χ1) is 14.3. The quantitative estimate of drug-likeness (QED) is 0.612. The minimum absolute atomic E-state index is 0.0135. The minimum atomic E-state index is -4.06. The van der Waals surface area contributed by atoms with Crippen LogP contribution in [-0.4, -0.2) is 37.1 Å². The van der Waals surface area contributed by atoms with Crippen LogP contribution < -0.4 is 20.5 Å². The standard InChI is InChI=1S/C20H21N3O6S/c1-14-4-7-16(8-5-14)30(26,27)23-11-10-22(20(23)25)13-19(24)21-17-9-6-15(28-2)12-18(17)29-3/h4-12H,13H2,1-3H3,(H,21,24). The molecule has 30 heavy (non-hydrogen) atoms. The van der Waals surface area contributed by atoms with E-state index in [9.17, 15) is 18.0 Å². The van der Waals surface area contributed by atoms with Gasteiger partial charge < -0.3 is 14.8 Å². The molecular weight excluding hydrogens is 410 g/mol. The Morgan fingerprint density at radius 2 is 1.73 bits per heavy atom. The Hall–Kier alpha value is -3.53. The summed E-state index contributed by atoms with van der Waals surface area (Å²) in [5.74, 6) is 0.417. The molecule has 3 rings (SSSR count). The molecule has 0 bridgehead atoms. The highest BCUT2D eigenvalue weighted by Crippen LogP contribution is 2.28. The molecule has 1 heterocycles. The van der Waals surface area contributed by atoms with Gasteiger partial charge in [-0.25, -0.2) is 13.2 Å². The van der Waals surface area contributed by atoms with Gasteiger partial charge in [0.15, 0.2) is 0 Å². The molecule has 0 aliphatic carbocycles. The fraction of sp³-hybridized carbons (Fsp3) is 0.200. The number of nitrogens with zero attached hydrogens (tertiary/aromatic N) is 2. The number of rotatable bonds is 7. The number of anilines is 1. The molecule has 0 atom stereocenters. The second kappa shape index (κ2) is 8.46. The summed E-state index contributed by atoms with van der Waals surface area (Å²) in [5, 5.41) is 2.64. The summed E-state index contributed by atoms with van der Waals surface area (Å²) in [7, 11) is -1.10. The van der Waals surface area contributed by atoms with E-state index in [1.54, 1.807) is 30.3 Å². The highest BCUT2D eigenvalue weighted by molar-refractivity contribution is 7.90. The van der Waals surface area contributed by atoms with Crippen molar-refractivity contribution in [1.29, 1.82) is 0 Å². The molecule has 0 radical (unpaired) electrons. The van der Waals surface area contributed by atoms with Gasteiger partial charge in [0.05, 0.1) is 24.8 Å². The van der Waals surface area contributed by atoms with Gasteiger partial charge in [0.1, 0.15) is 18.0 Å². The summed E-state index contributed by atoms with van der Waals surface area (Å²) in [5.41, 5.74) is 0.444. The van der Waals surface area contributed by atoms with E-state index in [0.717, 1.165) is 16.3 Å². The number of amides is 1. The van der Waals surface area contributed by atoms with Gasteiger partial charge in [0.2, 0.25) is 5.91 Å². The number of hydrogen-bond donors (Lipinski definition) is 1. The van der Waals surface area contributed by atoms with E-state index in [1.807, 2.05) is 6.92 Å². The summed E-state index contributed by atoms with van der Waals surface area (Å²) >= 11 is 0. The van der Waals surface area contributed by atoms with Crippen LogP contribution in [0.1, 0.15) is 5.56 Å². The number of ether oxygens (including phenoxy) is 2. The third-order valence-corrected chi connectivity index (χ3v) is 6.05. The summed E-state index contributed by atoms with van der Waals surface area (Å²) in [6.45, 7) is 1.46. The van der Waals surface area contributed by atoms with Crippen molar-refractivity contribution in [2.24, 2.45) is 0 Å². The Balaban J connectivity index is 1.81. The predicted molar refractivity (Wildman–Crippen MR) is 111 cm³/mol. The minimum Gasteiger partial charge on any atom is -0.497 e. The lowest BCUT2D eigenvalue weighted by atomic mass is 10.2. The molecule has 158 valence electrons. The lowest BCUT2D eigenvalue weighted by Gasteiger charge is -2.11. The zero-order chi connectivity index (χ0) is 21.9. The SMILES string of the molecule is COc1ccc(NC(=O)Cn2ccn(S(=O)(=O)c3ccc(C)cc3)c2=O)c(OC)c1. The van der Waals surface area contributed by atoms with Crippen LogP contribution >= 0.6 is 0 Å². The zero-order valence-electron chi connectivity index (χ0n) is 16.7. The van der Waals surface area contributed by atoms with Crippen LogP contribution in [0.15, 0.2) is 64.5 Å². The molecule has 0 aliphatic heterocycles. The number of carbonyl (C=O) groups excluding carboxylic acids is 1. The second-order valence-corrected chi connectivity index (χ2v) is 8.25. The maximum Gasteiger partial charge on any atom is 0.342 e. The molecule has 0 saturated heterocycles. The van der Waals surface area contributed by atoms with Crippen LogP contribution in [0.3, 0.4) is 0 Å². The smallest absolute Gasteiger partial charge is 0.342 e. The first kappa shape index (κ1) is 21.2. The van der Waals surface area contributed by atoms with E-state index in [1.165, 1.54) is 32.5 Å². The van der Waals surface area contributed by atoms with Crippen molar-refractivity contribution in [1.82, 2.24) is 8.54 Å². The molecule has 3 aromatic rings. The average molecular weight is 431 g/mol. The topological polar surface area (TPSA) is 109 Å². The van der Waals surface area contributed by atoms with Gasteiger partial charge in [-0.2, -0.15) is 3.97 Å². The molecule has 0 fully saturated rings. The second-order valence-electron chi connectivity index (χ2n) is 6.44. The number of imidazole rings is 1. The first-order valence-corrected chi connectivity index (χ1v) is 10.3. The largest absolute Gasteiger partial charge is 0.497 e. The van der Waals surface area contributed by atoms with Crippen LogP contribution in [0, 0.1) is 6.92 Å². The van der Waals surface area contributed by atoms with Gasteiger partial charge in [-0.05, 0) is 31.2 Å². The lowest BCUT2D eigenvalue weighted by Crippen LogP contribution is -2.32. The van der Waals surface area contributed by atoms with Crippen molar-refractivity contribution in [3.05, 3.63) is 70.9 Å². The van der Waals surface area contributed by atoms with E-state index < -0.39 is 21.6 Å². The van der Waals surface area contributed by atoms with E-state index in [0.29, 0.717) is 21.2 Å². The molecule has 1 amide bonds. The number of hydrogen-bond acceptors (Lipinski definition) is 6. The molecule has 9 nitrogen and oxygen atoms in total. The molecule has 0 saturated carbocycles. The Labute approximate surface area is 173 Å². The van der Waals surface area contributed by atoms with E-state index >= 15 is 0 Å². The molecule has 0 unspecified atom stereocenters. The van der Waals surface area contributed by atoms with Gasteiger partial charge in [-0.3, -0.25) is 9.36 Å². The van der Waals surface area contributed by atoms with Crippen LogP contribution in [0.5, 0.6) is 11.5 Å². The fourth-order valence-corrected chi connectivity index (χ4v) is 4.00. The number of methoxy groups -OCH3 is 2. The van der Waals surface area contributed by atoms with Crippen molar-refractivity contribution in [3.8, 4) is 11.5 Å². The van der Waals surface area contributed by atoms with Gasteiger partial charge in [0, 0.05) is 18.5 Å². The van der Waals surface area contributed by atoms with Gasteiger partial charge in [0.25, 0.3) is 10.0 Å². The van der Waals surface area contributed by atoms with Crippen molar-refractivity contribution < 1.29 is 22.7 Å². The number of nitrogens with one attached hydrogen (secondary N) is 1. The lowest BCUT2D eigenvalue weighted by molar-refractivity contribution is -0.116. The zero-order valence-corrected chi connectivity index (χ0v) is 17.5. The molecule has 10 heteroatoms. The van der Waals surface area contributed by atoms with Crippen LogP contribution in [0.2, 0.25) is 0 Å². The summed E-state index contributed by atoms with van der Waals surface area (Å²) in [6, 6.07) is 11.0. The first-order valence-electron chi connectivity index (χ1n) is 8.88. The van der Waals surface area contributed by atoms with Crippen molar-refractivity contribution in [2.75, 3.05) is 19.5 Å². The number of benzene rings is 2. The number of carbonyl (C=O) groups is 1. The van der Waals surface area contributed by atoms with Crippen LogP contribution in [-0.2, 0) is 21.4 Å². The Kier molecular flexibility index (Phi) is 5.97. The highest BCUT2D eigenvalue weighted by atomic mass is 32.2. The molecule has 1 N–H and O–H groups in total. The van der Waals surface area contributed by atoms with Gasteiger partial charge in [-0.1, -0.05) is 17.7 Å². The summed E-state index contributed by atoms with van der Waals surface area (Å²) in [4.78, 5) is 25.0. The van der Waals surface area contributed by atoms with Crippen molar-refractivity contribution in [3.63, 3.8) is 0 Å². The number of aromatic nitrogens is 2. The molecule has 2 aromatic carbocycles. The van der Waals surface area contributed by atoms with Gasteiger partial charge >= 0.3 is 5.69 Å². The van der Waals surface area contributed by atoms with Crippen molar-refractivity contribution in [2.45, 2.75) is 18.4 Å². The van der Waals surface area contributed by atoms with Crippen molar-refractivity contribution >= 4 is 21.6 Å². The van der Waals surface area contributed by atoms with E-state index in [-0.39, 0.29) is 11.4 Å². The third kappa shape index (κ3) is 4.23. The maximum atomic E-state index is 12.7. The maximum absolute atomic E-state index is 12.7. The molecular formula is C20H21N3O6S.